The SMILES string of the molecule is C[C@H]1CC(=O)Nc2ccccc2N1C(=O)CSc1nnc(-c2ccco2)o1. The Morgan fingerprint density at radius 2 is 2.15 bits per heavy atom. The van der Waals surface area contributed by atoms with Gasteiger partial charge in [0.2, 0.25) is 11.8 Å². The van der Waals surface area contributed by atoms with Gasteiger partial charge in [-0.2, -0.15) is 0 Å². The van der Waals surface area contributed by atoms with Crippen LogP contribution in [0.2, 0.25) is 0 Å². The second-order valence-electron chi connectivity index (χ2n) is 6.02. The Bertz CT molecular complexity index is 969. The molecule has 0 fully saturated rings. The van der Waals surface area contributed by atoms with E-state index < -0.39 is 0 Å². The van der Waals surface area contributed by atoms with Crippen molar-refractivity contribution < 1.29 is 18.4 Å². The Kier molecular flexibility index (Phi) is 4.68. The first-order chi connectivity index (χ1) is 13.1. The highest BCUT2D eigenvalue weighted by molar-refractivity contribution is 7.99. The van der Waals surface area contributed by atoms with Crippen molar-refractivity contribution in [2.45, 2.75) is 24.6 Å². The van der Waals surface area contributed by atoms with E-state index in [4.69, 9.17) is 8.83 Å². The fourth-order valence-electron chi connectivity index (χ4n) is 2.93. The Morgan fingerprint density at radius 1 is 1.30 bits per heavy atom. The number of nitrogens with zero attached hydrogens (tertiary/aromatic N) is 3. The van der Waals surface area contributed by atoms with Crippen LogP contribution in [0.4, 0.5) is 11.4 Å². The van der Waals surface area contributed by atoms with Gasteiger partial charge in [0.15, 0.2) is 5.76 Å². The highest BCUT2D eigenvalue weighted by Gasteiger charge is 2.29. The lowest BCUT2D eigenvalue weighted by Gasteiger charge is -2.27. The van der Waals surface area contributed by atoms with E-state index in [1.165, 1.54) is 6.26 Å². The van der Waals surface area contributed by atoms with E-state index in [9.17, 15) is 9.59 Å². The van der Waals surface area contributed by atoms with Crippen LogP contribution in [0.5, 0.6) is 0 Å². The molecule has 9 heteroatoms. The van der Waals surface area contributed by atoms with Crippen LogP contribution < -0.4 is 10.2 Å². The summed E-state index contributed by atoms with van der Waals surface area (Å²) >= 11 is 1.15. The van der Waals surface area contributed by atoms with Crippen molar-refractivity contribution >= 4 is 35.0 Å². The summed E-state index contributed by atoms with van der Waals surface area (Å²) in [6.07, 6.45) is 1.75. The van der Waals surface area contributed by atoms with Crippen molar-refractivity contribution in [1.29, 1.82) is 0 Å². The van der Waals surface area contributed by atoms with Crippen LogP contribution in [-0.4, -0.2) is 33.8 Å². The van der Waals surface area contributed by atoms with E-state index in [2.05, 4.69) is 15.5 Å². The van der Waals surface area contributed by atoms with Gasteiger partial charge in [0.1, 0.15) is 0 Å². The molecule has 0 radical (unpaired) electrons. The largest absolute Gasteiger partial charge is 0.459 e. The summed E-state index contributed by atoms with van der Waals surface area (Å²) < 4.78 is 10.7. The molecular weight excluding hydrogens is 368 g/mol. The summed E-state index contributed by atoms with van der Waals surface area (Å²) in [7, 11) is 0. The molecule has 0 saturated carbocycles. The number of thioether (sulfide) groups is 1. The summed E-state index contributed by atoms with van der Waals surface area (Å²) in [5, 5.41) is 11.0. The molecule has 2 aromatic heterocycles. The molecule has 1 aromatic carbocycles. The Morgan fingerprint density at radius 3 is 2.96 bits per heavy atom. The van der Waals surface area contributed by atoms with E-state index >= 15 is 0 Å². The van der Waals surface area contributed by atoms with Crippen molar-refractivity contribution in [2.75, 3.05) is 16.0 Å². The molecule has 1 aliphatic heterocycles. The predicted molar refractivity (Wildman–Crippen MR) is 99.4 cm³/mol. The molecule has 0 saturated heterocycles. The molecule has 138 valence electrons. The number of hydrogen-bond donors (Lipinski definition) is 1. The maximum atomic E-state index is 12.9. The lowest BCUT2D eigenvalue weighted by atomic mass is 10.2. The predicted octanol–water partition coefficient (Wildman–Crippen LogP) is 3.19. The number of furan rings is 1. The molecule has 3 aromatic rings. The molecule has 0 unspecified atom stereocenters. The van der Waals surface area contributed by atoms with E-state index in [1.807, 2.05) is 25.1 Å². The zero-order valence-corrected chi connectivity index (χ0v) is 15.2. The molecule has 8 nitrogen and oxygen atoms in total. The smallest absolute Gasteiger partial charge is 0.284 e. The molecule has 0 aliphatic carbocycles. The molecule has 27 heavy (non-hydrogen) atoms. The number of anilines is 2. The van der Waals surface area contributed by atoms with E-state index in [0.29, 0.717) is 17.1 Å². The third kappa shape index (κ3) is 3.59. The number of carbonyl (C=O) groups is 2. The summed E-state index contributed by atoms with van der Waals surface area (Å²) in [5.41, 5.74) is 1.31. The maximum absolute atomic E-state index is 12.9. The van der Waals surface area contributed by atoms with Gasteiger partial charge in [-0.15, -0.1) is 10.2 Å². The quantitative estimate of drug-likeness (QED) is 0.689. The number of para-hydroxylation sites is 2. The van der Waals surface area contributed by atoms with Crippen LogP contribution in [0.1, 0.15) is 13.3 Å². The van der Waals surface area contributed by atoms with Gasteiger partial charge in [-0.1, -0.05) is 23.9 Å². The van der Waals surface area contributed by atoms with Gasteiger partial charge in [-0.25, -0.2) is 0 Å². The number of carbonyl (C=O) groups excluding carboxylic acids is 2. The zero-order chi connectivity index (χ0) is 18.8. The van der Waals surface area contributed by atoms with Crippen LogP contribution in [0.25, 0.3) is 11.7 Å². The monoisotopic (exact) mass is 384 g/mol. The van der Waals surface area contributed by atoms with Crippen molar-refractivity contribution in [2.24, 2.45) is 0 Å². The summed E-state index contributed by atoms with van der Waals surface area (Å²) in [4.78, 5) is 26.6. The van der Waals surface area contributed by atoms with E-state index in [1.54, 1.807) is 23.1 Å². The average molecular weight is 384 g/mol. The molecule has 1 atom stereocenters. The molecule has 1 N–H and O–H groups in total. The fraction of sp³-hybridized carbons (Fsp3) is 0.222. The second-order valence-corrected chi connectivity index (χ2v) is 6.95. The van der Waals surface area contributed by atoms with E-state index in [0.717, 1.165) is 11.8 Å². The van der Waals surface area contributed by atoms with Gasteiger partial charge in [-0.05, 0) is 31.2 Å². The van der Waals surface area contributed by atoms with Crippen molar-refractivity contribution in [1.82, 2.24) is 10.2 Å². The highest BCUT2D eigenvalue weighted by atomic mass is 32.2. The van der Waals surface area contributed by atoms with Crippen LogP contribution in [0.15, 0.2) is 56.7 Å². The Hall–Kier alpha value is -3.07. The third-order valence-electron chi connectivity index (χ3n) is 4.09. The Balaban J connectivity index is 1.50. The van der Waals surface area contributed by atoms with Crippen molar-refractivity contribution in [3.63, 3.8) is 0 Å². The maximum Gasteiger partial charge on any atom is 0.284 e. The minimum atomic E-state index is -0.261. The normalized spacial score (nSPS) is 16.6. The summed E-state index contributed by atoms with van der Waals surface area (Å²) in [6, 6.07) is 10.4. The minimum absolute atomic E-state index is 0.104. The molecule has 4 rings (SSSR count). The molecule has 2 amide bonds. The standard InChI is InChI=1S/C18H16N4O4S/c1-11-9-15(23)19-12-5-2-3-6-13(12)22(11)16(24)10-27-18-21-20-17(26-18)14-7-4-8-25-14/h2-8,11H,9-10H2,1H3,(H,19,23)/t11-/m0/s1. The lowest BCUT2D eigenvalue weighted by Crippen LogP contribution is -2.40. The van der Waals surface area contributed by atoms with Gasteiger partial charge >= 0.3 is 0 Å². The third-order valence-corrected chi connectivity index (χ3v) is 4.89. The number of aromatic nitrogens is 2. The van der Waals surface area contributed by atoms with Gasteiger partial charge in [0.25, 0.3) is 11.1 Å². The Labute approximate surface area is 158 Å². The average Bonchev–Trinajstić information content (AvgIpc) is 3.30. The minimum Gasteiger partial charge on any atom is -0.459 e. The number of nitrogens with one attached hydrogen (secondary N) is 1. The van der Waals surface area contributed by atoms with Crippen molar-refractivity contribution in [3.8, 4) is 11.7 Å². The molecule has 0 bridgehead atoms. The molecular formula is C18H16N4O4S. The van der Waals surface area contributed by atoms with Gasteiger partial charge in [0, 0.05) is 12.5 Å². The molecule has 3 heterocycles. The first-order valence-corrected chi connectivity index (χ1v) is 9.31. The van der Waals surface area contributed by atoms with Crippen LogP contribution in [0, 0.1) is 0 Å². The summed E-state index contributed by atoms with van der Waals surface area (Å²) in [5.74, 6) is 0.581. The number of rotatable bonds is 4. The van der Waals surface area contributed by atoms with Gasteiger partial charge in [-0.3, -0.25) is 9.59 Å². The second kappa shape index (κ2) is 7.28. The van der Waals surface area contributed by atoms with E-state index in [-0.39, 0.29) is 41.1 Å². The topological polar surface area (TPSA) is 101 Å². The number of fused-ring (bicyclic) bond motifs is 1. The summed E-state index contributed by atoms with van der Waals surface area (Å²) in [6.45, 7) is 1.85. The molecule has 1 aliphatic rings. The number of amides is 2. The first-order valence-electron chi connectivity index (χ1n) is 8.33. The van der Waals surface area contributed by atoms with Crippen molar-refractivity contribution in [3.05, 3.63) is 42.7 Å². The van der Waals surface area contributed by atoms with Crippen LogP contribution >= 0.6 is 11.8 Å². The number of benzene rings is 1. The fourth-order valence-corrected chi connectivity index (χ4v) is 3.55. The first kappa shape index (κ1) is 17.3. The van der Waals surface area contributed by atoms with Gasteiger partial charge < -0.3 is 19.1 Å². The molecule has 0 spiro atoms. The lowest BCUT2D eigenvalue weighted by molar-refractivity contribution is -0.117. The van der Waals surface area contributed by atoms with Gasteiger partial charge in [0.05, 0.1) is 23.4 Å². The number of hydrogen-bond acceptors (Lipinski definition) is 7. The zero-order valence-electron chi connectivity index (χ0n) is 14.4. The van der Waals surface area contributed by atoms with Crippen LogP contribution in [-0.2, 0) is 9.59 Å². The van der Waals surface area contributed by atoms with Crippen LogP contribution in [0.3, 0.4) is 0 Å². The highest BCUT2D eigenvalue weighted by Crippen LogP contribution is 2.32.